The van der Waals surface area contributed by atoms with Crippen molar-refractivity contribution in [2.75, 3.05) is 4.90 Å². The average molecular weight is 704 g/mol. The van der Waals surface area contributed by atoms with Crippen LogP contribution >= 0.6 is 0 Å². The van der Waals surface area contributed by atoms with E-state index in [1.54, 1.807) is 0 Å². The van der Waals surface area contributed by atoms with Crippen LogP contribution in [0.25, 0.3) is 76.9 Å². The lowest BCUT2D eigenvalue weighted by Crippen LogP contribution is -2.16. The Balaban J connectivity index is 1.13. The van der Waals surface area contributed by atoms with Crippen molar-refractivity contribution < 1.29 is 4.42 Å². The van der Waals surface area contributed by atoms with Crippen LogP contribution in [-0.4, -0.2) is 0 Å². The van der Waals surface area contributed by atoms with Crippen LogP contribution in [0, 0.1) is 0 Å². The summed E-state index contributed by atoms with van der Waals surface area (Å²) in [7, 11) is 0. The van der Waals surface area contributed by atoms with Crippen molar-refractivity contribution in [2.24, 2.45) is 0 Å². The van der Waals surface area contributed by atoms with Gasteiger partial charge in [0.25, 0.3) is 0 Å². The maximum atomic E-state index is 6.57. The number of fused-ring (bicyclic) bond motifs is 9. The number of nitrogens with zero attached hydrogens (tertiary/aromatic N) is 1. The van der Waals surface area contributed by atoms with Crippen molar-refractivity contribution in [1.82, 2.24) is 0 Å². The van der Waals surface area contributed by atoms with Crippen molar-refractivity contribution in [3.63, 3.8) is 0 Å². The highest BCUT2D eigenvalue weighted by molar-refractivity contribution is 6.19. The summed E-state index contributed by atoms with van der Waals surface area (Å²) in [4.78, 5) is 2.48. The highest BCUT2D eigenvalue weighted by Crippen LogP contribution is 2.55. The Labute approximate surface area is 320 Å². The SMILES string of the molecule is CC1(C)c2ccccc2-c2c(N(c3ccc(-c4cccc5ccc6c7ccccc7oc6c45)cc3)c3ccccc3-c3ccc4ccccc4c3)cccc21. The third-order valence-electron chi connectivity index (χ3n) is 11.9. The highest BCUT2D eigenvalue weighted by Gasteiger charge is 2.38. The van der Waals surface area contributed by atoms with Crippen molar-refractivity contribution in [3.8, 4) is 33.4 Å². The average Bonchev–Trinajstić information content (AvgIpc) is 3.73. The Kier molecular flexibility index (Phi) is 6.93. The van der Waals surface area contributed by atoms with Gasteiger partial charge in [-0.3, -0.25) is 0 Å². The Morgan fingerprint density at radius 1 is 0.436 bits per heavy atom. The van der Waals surface area contributed by atoms with Gasteiger partial charge < -0.3 is 9.32 Å². The first-order valence-corrected chi connectivity index (χ1v) is 19.1. The van der Waals surface area contributed by atoms with E-state index in [2.05, 4.69) is 201 Å². The summed E-state index contributed by atoms with van der Waals surface area (Å²) in [5.74, 6) is 0. The number of para-hydroxylation sites is 2. The molecule has 0 amide bonds. The third kappa shape index (κ3) is 4.81. The fourth-order valence-electron chi connectivity index (χ4n) is 9.18. The first kappa shape index (κ1) is 31.6. The molecule has 1 aliphatic rings. The molecule has 1 heterocycles. The van der Waals surface area contributed by atoms with Crippen LogP contribution in [0.2, 0.25) is 0 Å². The number of benzene rings is 9. The zero-order valence-electron chi connectivity index (χ0n) is 30.8. The molecular formula is C53H37NO. The molecule has 11 rings (SSSR count). The summed E-state index contributed by atoms with van der Waals surface area (Å²) < 4.78 is 6.57. The van der Waals surface area contributed by atoms with Crippen LogP contribution in [-0.2, 0) is 5.41 Å². The van der Waals surface area contributed by atoms with Gasteiger partial charge in [0.1, 0.15) is 11.2 Å². The van der Waals surface area contributed by atoms with E-state index in [1.807, 2.05) is 6.07 Å². The summed E-state index contributed by atoms with van der Waals surface area (Å²) in [5.41, 5.74) is 15.1. The summed E-state index contributed by atoms with van der Waals surface area (Å²) in [6.45, 7) is 4.71. The largest absolute Gasteiger partial charge is 0.455 e. The van der Waals surface area contributed by atoms with E-state index < -0.39 is 0 Å². The van der Waals surface area contributed by atoms with Crippen LogP contribution in [0.4, 0.5) is 17.1 Å². The molecule has 9 aromatic carbocycles. The molecule has 55 heavy (non-hydrogen) atoms. The van der Waals surface area contributed by atoms with Gasteiger partial charge in [0.2, 0.25) is 0 Å². The molecule has 0 spiro atoms. The van der Waals surface area contributed by atoms with Crippen molar-refractivity contribution >= 4 is 60.5 Å². The molecule has 0 atom stereocenters. The van der Waals surface area contributed by atoms with Crippen LogP contribution in [0.3, 0.4) is 0 Å². The lowest BCUT2D eigenvalue weighted by molar-refractivity contribution is 0.660. The highest BCUT2D eigenvalue weighted by atomic mass is 16.3. The lowest BCUT2D eigenvalue weighted by atomic mass is 9.82. The summed E-state index contributed by atoms with van der Waals surface area (Å²) in [6.07, 6.45) is 0. The van der Waals surface area contributed by atoms with Gasteiger partial charge in [-0.25, -0.2) is 0 Å². The minimum atomic E-state index is -0.119. The maximum Gasteiger partial charge on any atom is 0.143 e. The molecule has 0 saturated carbocycles. The molecule has 0 fully saturated rings. The van der Waals surface area contributed by atoms with E-state index in [9.17, 15) is 0 Å². The van der Waals surface area contributed by atoms with Gasteiger partial charge >= 0.3 is 0 Å². The molecule has 0 N–H and O–H groups in total. The first-order valence-electron chi connectivity index (χ1n) is 19.1. The Hall–Kier alpha value is -6.90. The van der Waals surface area contributed by atoms with Crippen LogP contribution in [0.15, 0.2) is 192 Å². The number of anilines is 3. The second kappa shape index (κ2) is 12.1. The fourth-order valence-corrected chi connectivity index (χ4v) is 9.18. The zero-order chi connectivity index (χ0) is 36.7. The van der Waals surface area contributed by atoms with Gasteiger partial charge in [0.15, 0.2) is 0 Å². The van der Waals surface area contributed by atoms with E-state index in [0.29, 0.717) is 0 Å². The van der Waals surface area contributed by atoms with Crippen LogP contribution in [0.5, 0.6) is 0 Å². The van der Waals surface area contributed by atoms with E-state index in [-0.39, 0.29) is 5.41 Å². The third-order valence-corrected chi connectivity index (χ3v) is 11.9. The molecule has 2 nitrogen and oxygen atoms in total. The van der Waals surface area contributed by atoms with E-state index in [4.69, 9.17) is 4.42 Å². The predicted octanol–water partition coefficient (Wildman–Crippen LogP) is 15.0. The number of furan rings is 1. The van der Waals surface area contributed by atoms with Crippen molar-refractivity contribution in [1.29, 1.82) is 0 Å². The zero-order valence-corrected chi connectivity index (χ0v) is 30.8. The molecule has 0 saturated heterocycles. The van der Waals surface area contributed by atoms with Gasteiger partial charge in [-0.15, -0.1) is 0 Å². The van der Waals surface area contributed by atoms with E-state index >= 15 is 0 Å². The number of hydrogen-bond acceptors (Lipinski definition) is 2. The molecule has 1 aromatic heterocycles. The minimum absolute atomic E-state index is 0.119. The predicted molar refractivity (Wildman–Crippen MR) is 232 cm³/mol. The van der Waals surface area contributed by atoms with Crippen LogP contribution < -0.4 is 4.90 Å². The fraction of sp³-hybridized carbons (Fsp3) is 0.0566. The van der Waals surface area contributed by atoms with Crippen molar-refractivity contribution in [3.05, 3.63) is 199 Å². The van der Waals surface area contributed by atoms with Gasteiger partial charge in [-0.05, 0) is 92.0 Å². The first-order chi connectivity index (χ1) is 27.0. The molecule has 0 unspecified atom stereocenters. The van der Waals surface area contributed by atoms with E-state index in [0.717, 1.165) is 49.8 Å². The quantitative estimate of drug-likeness (QED) is 0.177. The molecule has 2 heteroatoms. The maximum absolute atomic E-state index is 6.57. The van der Waals surface area contributed by atoms with Gasteiger partial charge in [-0.2, -0.15) is 0 Å². The topological polar surface area (TPSA) is 16.4 Å². The Morgan fingerprint density at radius 2 is 1.07 bits per heavy atom. The molecule has 1 aliphatic carbocycles. The van der Waals surface area contributed by atoms with Crippen LogP contribution in [0.1, 0.15) is 25.0 Å². The second-order valence-corrected chi connectivity index (χ2v) is 15.3. The second-order valence-electron chi connectivity index (χ2n) is 15.3. The molecule has 0 aliphatic heterocycles. The summed E-state index contributed by atoms with van der Waals surface area (Å²) >= 11 is 0. The van der Waals surface area contributed by atoms with E-state index in [1.165, 1.54) is 55.2 Å². The monoisotopic (exact) mass is 703 g/mol. The number of rotatable bonds is 5. The van der Waals surface area contributed by atoms with Gasteiger partial charge in [-0.1, -0.05) is 159 Å². The minimum Gasteiger partial charge on any atom is -0.455 e. The molecular weight excluding hydrogens is 667 g/mol. The van der Waals surface area contributed by atoms with Crippen molar-refractivity contribution in [2.45, 2.75) is 19.3 Å². The Morgan fingerprint density at radius 3 is 1.96 bits per heavy atom. The summed E-state index contributed by atoms with van der Waals surface area (Å²) in [6, 6.07) is 68.5. The lowest BCUT2D eigenvalue weighted by Gasteiger charge is -2.30. The number of hydrogen-bond donors (Lipinski definition) is 0. The smallest absolute Gasteiger partial charge is 0.143 e. The van der Waals surface area contributed by atoms with Gasteiger partial charge in [0, 0.05) is 38.4 Å². The molecule has 10 aromatic rings. The normalized spacial score (nSPS) is 13.1. The standard InChI is InChI=1S/C53H37NO/c1-53(2)45-20-8-5-18-44(45)51-46(53)21-12-23-48(51)54(47-22-9-6-16-40(47)38-26-25-34-13-3-4-14-37(34)33-38)39-30-27-35(28-31-39)41-19-11-15-36-29-32-43-42-17-7-10-24-49(42)55-52(43)50(36)41/h3-33H,1-2H3. The molecule has 260 valence electrons. The molecule has 0 radical (unpaired) electrons. The molecule has 0 bridgehead atoms. The Bertz CT molecular complexity index is 3130. The summed E-state index contributed by atoms with van der Waals surface area (Å²) in [5, 5.41) is 7.07. The van der Waals surface area contributed by atoms with Gasteiger partial charge in [0.05, 0.1) is 11.4 Å².